The van der Waals surface area contributed by atoms with E-state index >= 15 is 0 Å². The summed E-state index contributed by atoms with van der Waals surface area (Å²) in [5, 5.41) is 12.1. The minimum absolute atomic E-state index is 0.206. The fourth-order valence-corrected chi connectivity index (χ4v) is 1.48. The minimum atomic E-state index is -1.29. The van der Waals surface area contributed by atoms with Crippen molar-refractivity contribution in [3.63, 3.8) is 0 Å². The summed E-state index contributed by atoms with van der Waals surface area (Å²) < 4.78 is 5.37. The summed E-state index contributed by atoms with van der Waals surface area (Å²) >= 11 is 0. The van der Waals surface area contributed by atoms with Crippen LogP contribution in [-0.4, -0.2) is 35.9 Å². The number of aliphatic hydroxyl groups is 1. The number of nitrogens with one attached hydrogen (secondary N) is 1. The predicted molar refractivity (Wildman–Crippen MR) is 52.8 cm³/mol. The zero-order valence-corrected chi connectivity index (χ0v) is 9.04. The molecule has 0 aromatic rings. The summed E-state index contributed by atoms with van der Waals surface area (Å²) in [4.78, 5) is 11.3. The molecule has 0 saturated carbocycles. The Morgan fingerprint density at radius 1 is 1.64 bits per heavy atom. The lowest BCUT2D eigenvalue weighted by molar-refractivity contribution is -0.136. The summed E-state index contributed by atoms with van der Waals surface area (Å²) in [6.07, 6.45) is 1.19. The molecule has 0 radical (unpaired) electrons. The highest BCUT2D eigenvalue weighted by molar-refractivity contribution is 5.83. The van der Waals surface area contributed by atoms with Crippen LogP contribution in [0.2, 0.25) is 0 Å². The molecule has 82 valence electrons. The van der Waals surface area contributed by atoms with Gasteiger partial charge in [-0.05, 0) is 27.2 Å². The maximum atomic E-state index is 11.3. The summed E-state index contributed by atoms with van der Waals surface area (Å²) in [6, 6.07) is 0. The minimum Gasteiger partial charge on any atom is -0.381 e. The van der Waals surface area contributed by atoms with E-state index in [1.165, 1.54) is 13.8 Å². The molecule has 1 aliphatic rings. The molecular formula is C10H19NO3. The first-order valence-corrected chi connectivity index (χ1v) is 5.03. The van der Waals surface area contributed by atoms with Crippen molar-refractivity contribution in [3.05, 3.63) is 0 Å². The van der Waals surface area contributed by atoms with Gasteiger partial charge in [-0.1, -0.05) is 0 Å². The van der Waals surface area contributed by atoms with Crippen LogP contribution >= 0.6 is 0 Å². The van der Waals surface area contributed by atoms with Gasteiger partial charge in [-0.3, -0.25) is 4.79 Å². The highest BCUT2D eigenvalue weighted by atomic mass is 16.5. The van der Waals surface area contributed by atoms with Crippen molar-refractivity contribution in [1.82, 2.24) is 5.32 Å². The van der Waals surface area contributed by atoms with Gasteiger partial charge in [-0.25, -0.2) is 0 Å². The molecule has 4 nitrogen and oxygen atoms in total. The van der Waals surface area contributed by atoms with Crippen LogP contribution in [0.15, 0.2) is 0 Å². The third-order valence-corrected chi connectivity index (χ3v) is 2.61. The number of rotatable bonds is 3. The van der Waals surface area contributed by atoms with Gasteiger partial charge >= 0.3 is 0 Å². The SMILES string of the molecule is CC1OCCC1CNC(=O)C(C)(C)O. The van der Waals surface area contributed by atoms with Crippen LogP contribution < -0.4 is 5.32 Å². The van der Waals surface area contributed by atoms with Crippen molar-refractivity contribution in [1.29, 1.82) is 0 Å². The lowest BCUT2D eigenvalue weighted by Gasteiger charge is -2.20. The quantitative estimate of drug-likeness (QED) is 0.690. The monoisotopic (exact) mass is 201 g/mol. The second kappa shape index (κ2) is 4.28. The van der Waals surface area contributed by atoms with E-state index in [0.29, 0.717) is 12.5 Å². The van der Waals surface area contributed by atoms with Gasteiger partial charge < -0.3 is 15.2 Å². The largest absolute Gasteiger partial charge is 0.381 e. The average Bonchev–Trinajstić information content (AvgIpc) is 2.45. The fraction of sp³-hybridized carbons (Fsp3) is 0.900. The summed E-state index contributed by atoms with van der Waals surface area (Å²) in [5.41, 5.74) is -1.29. The second-order valence-electron chi connectivity index (χ2n) is 4.39. The molecule has 2 atom stereocenters. The van der Waals surface area contributed by atoms with Crippen molar-refractivity contribution in [3.8, 4) is 0 Å². The molecule has 2 N–H and O–H groups in total. The van der Waals surface area contributed by atoms with Crippen molar-refractivity contribution in [2.45, 2.75) is 38.9 Å². The molecule has 0 aromatic heterocycles. The van der Waals surface area contributed by atoms with Gasteiger partial charge in [0.2, 0.25) is 0 Å². The number of carbonyl (C=O) groups excluding carboxylic acids is 1. The summed E-state index contributed by atoms with van der Waals surface area (Å²) in [6.45, 7) is 6.33. The zero-order valence-electron chi connectivity index (χ0n) is 9.04. The Kier molecular flexibility index (Phi) is 3.50. The van der Waals surface area contributed by atoms with Crippen LogP contribution in [0, 0.1) is 5.92 Å². The van der Waals surface area contributed by atoms with Crippen LogP contribution in [0.5, 0.6) is 0 Å². The number of amides is 1. The van der Waals surface area contributed by atoms with Crippen LogP contribution in [-0.2, 0) is 9.53 Å². The first-order chi connectivity index (χ1) is 6.41. The molecule has 1 saturated heterocycles. The van der Waals surface area contributed by atoms with Crippen LogP contribution in [0.4, 0.5) is 0 Å². The van der Waals surface area contributed by atoms with E-state index in [2.05, 4.69) is 5.32 Å². The molecule has 1 fully saturated rings. The normalized spacial score (nSPS) is 27.7. The molecule has 2 unspecified atom stereocenters. The molecule has 1 aliphatic heterocycles. The highest BCUT2D eigenvalue weighted by Crippen LogP contribution is 2.19. The van der Waals surface area contributed by atoms with Gasteiger partial charge in [0.15, 0.2) is 0 Å². The Balaban J connectivity index is 2.30. The Labute approximate surface area is 84.6 Å². The van der Waals surface area contributed by atoms with Crippen LogP contribution in [0.1, 0.15) is 27.2 Å². The summed E-state index contributed by atoms with van der Waals surface area (Å²) in [5.74, 6) is 0.0536. The number of hydrogen-bond acceptors (Lipinski definition) is 3. The van der Waals surface area contributed by atoms with E-state index in [4.69, 9.17) is 4.74 Å². The second-order valence-corrected chi connectivity index (χ2v) is 4.39. The molecule has 4 heteroatoms. The molecule has 1 heterocycles. The predicted octanol–water partition coefficient (Wildman–Crippen LogP) is 0.298. The lowest BCUT2D eigenvalue weighted by atomic mass is 10.0. The number of ether oxygens (including phenoxy) is 1. The molecule has 0 bridgehead atoms. The van der Waals surface area contributed by atoms with Gasteiger partial charge in [0.25, 0.3) is 5.91 Å². The van der Waals surface area contributed by atoms with E-state index in [0.717, 1.165) is 13.0 Å². The number of carbonyl (C=O) groups is 1. The highest BCUT2D eigenvalue weighted by Gasteiger charge is 2.28. The topological polar surface area (TPSA) is 58.6 Å². The smallest absolute Gasteiger partial charge is 0.251 e. The third-order valence-electron chi connectivity index (χ3n) is 2.61. The van der Waals surface area contributed by atoms with Gasteiger partial charge in [-0.15, -0.1) is 0 Å². The maximum Gasteiger partial charge on any atom is 0.251 e. The Hall–Kier alpha value is -0.610. The molecule has 14 heavy (non-hydrogen) atoms. The van der Waals surface area contributed by atoms with E-state index < -0.39 is 5.60 Å². The molecule has 1 rings (SSSR count). The fourth-order valence-electron chi connectivity index (χ4n) is 1.48. The van der Waals surface area contributed by atoms with Gasteiger partial charge in [0.05, 0.1) is 6.10 Å². The number of hydrogen-bond donors (Lipinski definition) is 2. The van der Waals surface area contributed by atoms with E-state index in [1.54, 1.807) is 0 Å². The Bertz CT molecular complexity index is 210. The van der Waals surface area contributed by atoms with Crippen molar-refractivity contribution >= 4 is 5.91 Å². The molecule has 0 aliphatic carbocycles. The molecule has 1 amide bonds. The van der Waals surface area contributed by atoms with Crippen molar-refractivity contribution in [2.24, 2.45) is 5.92 Å². The zero-order chi connectivity index (χ0) is 10.8. The molecular weight excluding hydrogens is 182 g/mol. The molecule has 0 spiro atoms. The maximum absolute atomic E-state index is 11.3. The average molecular weight is 201 g/mol. The van der Waals surface area contributed by atoms with Crippen LogP contribution in [0.25, 0.3) is 0 Å². The van der Waals surface area contributed by atoms with E-state index in [1.807, 2.05) is 6.92 Å². The van der Waals surface area contributed by atoms with E-state index in [9.17, 15) is 9.90 Å². The standard InChI is InChI=1S/C10H19NO3/c1-7-8(4-5-14-7)6-11-9(12)10(2,3)13/h7-8,13H,4-6H2,1-3H3,(H,11,12). The van der Waals surface area contributed by atoms with Gasteiger partial charge in [-0.2, -0.15) is 0 Å². The van der Waals surface area contributed by atoms with E-state index in [-0.39, 0.29) is 12.0 Å². The lowest BCUT2D eigenvalue weighted by Crippen LogP contribution is -2.44. The van der Waals surface area contributed by atoms with Gasteiger partial charge in [0, 0.05) is 19.1 Å². The van der Waals surface area contributed by atoms with Crippen molar-refractivity contribution in [2.75, 3.05) is 13.2 Å². The third kappa shape index (κ3) is 2.96. The molecule has 0 aromatic carbocycles. The van der Waals surface area contributed by atoms with Gasteiger partial charge in [0.1, 0.15) is 5.60 Å². The van der Waals surface area contributed by atoms with Crippen molar-refractivity contribution < 1.29 is 14.6 Å². The Morgan fingerprint density at radius 3 is 2.71 bits per heavy atom. The summed E-state index contributed by atoms with van der Waals surface area (Å²) in [7, 11) is 0. The van der Waals surface area contributed by atoms with Crippen LogP contribution in [0.3, 0.4) is 0 Å². The Morgan fingerprint density at radius 2 is 2.29 bits per heavy atom. The first-order valence-electron chi connectivity index (χ1n) is 5.03. The first kappa shape index (κ1) is 11.5.